The average molecular weight is 721 g/mol. The molecule has 3 N–H and O–H groups in total. The standard InChI is InChI=1S/C50H72O3/c51-35-46(40-20-10-3-11-21-40)29-37(27-26-36-16-6-1-7-17-36)28-44-33-43(39-18-8-2-9-19-39)34-45(49(44)52)30-38-31-47(41-22-12-4-13-23-41)50(53)48(32-38)42-24-14-5-15-25-42/h27,29,31-34,36,39-42,51-53H,1-26,28,30,35H2. The fourth-order valence-electron chi connectivity index (χ4n) is 11.4. The molecule has 290 valence electrons. The van der Waals surface area contributed by atoms with Crippen molar-refractivity contribution < 1.29 is 15.3 Å². The summed E-state index contributed by atoms with van der Waals surface area (Å²) in [4.78, 5) is 0. The predicted molar refractivity (Wildman–Crippen MR) is 221 cm³/mol. The van der Waals surface area contributed by atoms with Crippen molar-refractivity contribution in [3.8, 4) is 11.5 Å². The van der Waals surface area contributed by atoms with Crippen LogP contribution in [0.15, 0.2) is 47.6 Å². The third-order valence-electron chi connectivity index (χ3n) is 14.6. The van der Waals surface area contributed by atoms with Crippen molar-refractivity contribution in [3.05, 3.63) is 80.9 Å². The minimum absolute atomic E-state index is 0.137. The van der Waals surface area contributed by atoms with Crippen LogP contribution in [0.25, 0.3) is 0 Å². The number of phenolic OH excluding ortho intramolecular Hbond substituents is 2. The van der Waals surface area contributed by atoms with Gasteiger partial charge in [0.1, 0.15) is 11.5 Å². The maximum Gasteiger partial charge on any atom is 0.122 e. The number of rotatable bonds is 12. The Bertz CT molecular complexity index is 1480. The van der Waals surface area contributed by atoms with E-state index in [1.807, 2.05) is 0 Å². The van der Waals surface area contributed by atoms with Crippen LogP contribution in [0, 0.1) is 11.8 Å². The van der Waals surface area contributed by atoms with Crippen LogP contribution in [0.2, 0.25) is 0 Å². The third-order valence-corrected chi connectivity index (χ3v) is 14.6. The van der Waals surface area contributed by atoms with E-state index in [2.05, 4.69) is 36.4 Å². The van der Waals surface area contributed by atoms with Crippen LogP contribution in [-0.2, 0) is 12.8 Å². The maximum atomic E-state index is 12.3. The number of aliphatic hydroxyl groups is 1. The van der Waals surface area contributed by atoms with Crippen LogP contribution >= 0.6 is 0 Å². The molecular weight excluding hydrogens is 649 g/mol. The molecule has 5 aliphatic rings. The fraction of sp³-hybridized carbons (Fsp3) is 0.680. The Hall–Kier alpha value is -2.52. The molecule has 0 saturated heterocycles. The highest BCUT2D eigenvalue weighted by molar-refractivity contribution is 5.53. The Morgan fingerprint density at radius 1 is 0.547 bits per heavy atom. The van der Waals surface area contributed by atoms with Gasteiger partial charge in [0.05, 0.1) is 6.61 Å². The highest BCUT2D eigenvalue weighted by Gasteiger charge is 2.27. The van der Waals surface area contributed by atoms with Gasteiger partial charge in [0.2, 0.25) is 0 Å². The Morgan fingerprint density at radius 3 is 1.58 bits per heavy atom. The van der Waals surface area contributed by atoms with E-state index in [-0.39, 0.29) is 6.61 Å². The topological polar surface area (TPSA) is 60.7 Å². The number of hydrogen-bond acceptors (Lipinski definition) is 3. The molecule has 0 unspecified atom stereocenters. The molecule has 0 atom stereocenters. The molecule has 0 bridgehead atoms. The van der Waals surface area contributed by atoms with E-state index in [9.17, 15) is 15.3 Å². The molecular formula is C50H72O3. The summed E-state index contributed by atoms with van der Waals surface area (Å²) in [7, 11) is 0. The molecule has 0 aromatic heterocycles. The Labute approximate surface area is 322 Å². The molecule has 0 amide bonds. The smallest absolute Gasteiger partial charge is 0.122 e. The van der Waals surface area contributed by atoms with Crippen molar-refractivity contribution in [2.45, 2.75) is 198 Å². The van der Waals surface area contributed by atoms with E-state index >= 15 is 0 Å². The molecule has 0 aliphatic heterocycles. The van der Waals surface area contributed by atoms with Crippen LogP contribution in [0.4, 0.5) is 0 Å². The zero-order valence-corrected chi connectivity index (χ0v) is 33.2. The van der Waals surface area contributed by atoms with Crippen molar-refractivity contribution in [2.75, 3.05) is 6.61 Å². The van der Waals surface area contributed by atoms with E-state index in [1.54, 1.807) is 0 Å². The Balaban J connectivity index is 1.25. The summed E-state index contributed by atoms with van der Waals surface area (Å²) in [6.07, 6.45) is 39.1. The molecule has 5 fully saturated rings. The van der Waals surface area contributed by atoms with E-state index in [1.165, 1.54) is 194 Å². The lowest BCUT2D eigenvalue weighted by Gasteiger charge is -2.28. The van der Waals surface area contributed by atoms with Crippen LogP contribution in [0.1, 0.15) is 218 Å². The number of phenols is 2. The van der Waals surface area contributed by atoms with Crippen LogP contribution in [0.3, 0.4) is 0 Å². The highest BCUT2D eigenvalue weighted by atomic mass is 16.3. The van der Waals surface area contributed by atoms with Crippen LogP contribution in [0.5, 0.6) is 11.5 Å². The molecule has 3 heteroatoms. The molecule has 2 aromatic carbocycles. The highest BCUT2D eigenvalue weighted by Crippen LogP contribution is 2.46. The van der Waals surface area contributed by atoms with Gasteiger partial charge in [0.15, 0.2) is 0 Å². The minimum Gasteiger partial charge on any atom is -0.507 e. The quantitative estimate of drug-likeness (QED) is 0.191. The van der Waals surface area contributed by atoms with Gasteiger partial charge in [-0.2, -0.15) is 0 Å². The molecule has 5 aliphatic carbocycles. The largest absolute Gasteiger partial charge is 0.507 e. The number of aromatic hydroxyl groups is 2. The Morgan fingerprint density at radius 2 is 1.04 bits per heavy atom. The molecule has 0 spiro atoms. The molecule has 53 heavy (non-hydrogen) atoms. The summed E-state index contributed by atoms with van der Waals surface area (Å²) in [5.41, 5.74) is 9.66. The summed E-state index contributed by atoms with van der Waals surface area (Å²) in [6.45, 7) is 0.137. The lowest BCUT2D eigenvalue weighted by molar-refractivity contribution is 0.293. The number of allylic oxidation sites excluding steroid dienone is 3. The summed E-state index contributed by atoms with van der Waals surface area (Å²) < 4.78 is 0. The van der Waals surface area contributed by atoms with Crippen molar-refractivity contribution in [1.29, 1.82) is 0 Å². The second-order valence-electron chi connectivity index (χ2n) is 18.4. The van der Waals surface area contributed by atoms with Gasteiger partial charge in [0.25, 0.3) is 0 Å². The van der Waals surface area contributed by atoms with Crippen LogP contribution in [-0.4, -0.2) is 21.9 Å². The van der Waals surface area contributed by atoms with E-state index in [0.29, 0.717) is 41.6 Å². The van der Waals surface area contributed by atoms with Crippen molar-refractivity contribution in [2.24, 2.45) is 11.8 Å². The van der Waals surface area contributed by atoms with Crippen LogP contribution < -0.4 is 0 Å². The predicted octanol–water partition coefficient (Wildman–Crippen LogP) is 13.8. The first kappa shape index (κ1) is 38.7. The zero-order chi connectivity index (χ0) is 36.4. The zero-order valence-electron chi connectivity index (χ0n) is 33.2. The molecule has 0 radical (unpaired) electrons. The lowest BCUT2D eigenvalue weighted by atomic mass is 9.77. The van der Waals surface area contributed by atoms with Gasteiger partial charge < -0.3 is 15.3 Å². The normalized spacial score (nSPS) is 22.7. The molecule has 0 heterocycles. The van der Waals surface area contributed by atoms with Gasteiger partial charge in [-0.1, -0.05) is 146 Å². The maximum absolute atomic E-state index is 12.3. The van der Waals surface area contributed by atoms with E-state index in [4.69, 9.17) is 0 Å². The number of hydrogen-bond donors (Lipinski definition) is 3. The van der Waals surface area contributed by atoms with E-state index < -0.39 is 0 Å². The second kappa shape index (κ2) is 19.4. The monoisotopic (exact) mass is 721 g/mol. The first-order chi connectivity index (χ1) is 26.1. The van der Waals surface area contributed by atoms with Gasteiger partial charge in [-0.05, 0) is 132 Å². The average Bonchev–Trinajstić information content (AvgIpc) is 3.22. The van der Waals surface area contributed by atoms with Gasteiger partial charge >= 0.3 is 0 Å². The van der Waals surface area contributed by atoms with Crippen molar-refractivity contribution >= 4 is 0 Å². The lowest BCUT2D eigenvalue weighted by Crippen LogP contribution is -2.13. The van der Waals surface area contributed by atoms with Gasteiger partial charge in [-0.25, -0.2) is 0 Å². The molecule has 3 nitrogen and oxygen atoms in total. The van der Waals surface area contributed by atoms with Gasteiger partial charge in [-0.3, -0.25) is 0 Å². The second-order valence-corrected chi connectivity index (χ2v) is 18.4. The summed E-state index contributed by atoms with van der Waals surface area (Å²) in [6, 6.07) is 9.40. The molecule has 5 saturated carbocycles. The van der Waals surface area contributed by atoms with Gasteiger partial charge in [-0.15, -0.1) is 0 Å². The fourth-order valence-corrected chi connectivity index (χ4v) is 11.4. The third kappa shape index (κ3) is 10.2. The van der Waals surface area contributed by atoms with Crippen molar-refractivity contribution in [1.82, 2.24) is 0 Å². The van der Waals surface area contributed by atoms with Gasteiger partial charge in [0, 0.05) is 12.8 Å². The summed E-state index contributed by atoms with van der Waals surface area (Å²) in [5, 5.41) is 34.8. The first-order valence-electron chi connectivity index (χ1n) is 22.8. The number of aliphatic hydroxyl groups excluding tert-OH is 1. The Kier molecular flexibility index (Phi) is 14.2. The molecule has 2 aromatic rings. The molecule has 7 rings (SSSR count). The van der Waals surface area contributed by atoms with Crippen molar-refractivity contribution in [3.63, 3.8) is 0 Å². The summed E-state index contributed by atoms with van der Waals surface area (Å²) >= 11 is 0. The van der Waals surface area contributed by atoms with E-state index in [0.717, 1.165) is 29.9 Å². The summed E-state index contributed by atoms with van der Waals surface area (Å²) in [5.74, 6) is 3.73. The minimum atomic E-state index is 0.137. The SMILES string of the molecule is OCC(=CC(=CCC1CCCCC1)Cc1cc(C2CCCCC2)cc(Cc2cc(C3CCCCC3)c(O)c(C3CCCCC3)c2)c1O)C1CCCCC1. The first-order valence-corrected chi connectivity index (χ1v) is 22.8. The number of benzene rings is 2.